The summed E-state index contributed by atoms with van der Waals surface area (Å²) in [6, 6.07) is 9.68. The first-order chi connectivity index (χ1) is 14.8. The van der Waals surface area contributed by atoms with E-state index >= 15 is 0 Å². The van der Waals surface area contributed by atoms with E-state index in [1.165, 1.54) is 6.07 Å². The summed E-state index contributed by atoms with van der Waals surface area (Å²) in [5.74, 6) is -0.649. The smallest absolute Gasteiger partial charge is 0.273 e. The van der Waals surface area contributed by atoms with Crippen LogP contribution in [-0.4, -0.2) is 35.9 Å². The zero-order chi connectivity index (χ0) is 22.5. The number of hydrogen-bond donors (Lipinski definition) is 2. The van der Waals surface area contributed by atoms with Gasteiger partial charge in [0.15, 0.2) is 0 Å². The third kappa shape index (κ3) is 5.20. The molecule has 0 aliphatic carbocycles. The molecule has 2 aromatic carbocycles. The fraction of sp³-hybridized carbons (Fsp3) is 0.391. The maximum atomic E-state index is 12.9. The molecule has 1 atom stereocenters. The third-order valence-corrected chi connectivity index (χ3v) is 5.60. The predicted molar refractivity (Wildman–Crippen MR) is 121 cm³/mol. The van der Waals surface area contributed by atoms with Crippen molar-refractivity contribution in [2.24, 2.45) is 0 Å². The van der Waals surface area contributed by atoms with Crippen LogP contribution in [0.5, 0.6) is 0 Å². The van der Waals surface area contributed by atoms with E-state index in [-0.39, 0.29) is 23.2 Å². The van der Waals surface area contributed by atoms with Gasteiger partial charge in [-0.15, -0.1) is 0 Å². The predicted octanol–water partition coefficient (Wildman–Crippen LogP) is 4.28. The Morgan fingerprint density at radius 2 is 1.84 bits per heavy atom. The summed E-state index contributed by atoms with van der Waals surface area (Å²) in [5, 5.41) is 16.9. The molecule has 2 amide bonds. The van der Waals surface area contributed by atoms with Crippen molar-refractivity contribution in [3.05, 3.63) is 63.2 Å². The summed E-state index contributed by atoms with van der Waals surface area (Å²) in [7, 11) is 0. The van der Waals surface area contributed by atoms with Gasteiger partial charge in [-0.2, -0.15) is 0 Å². The number of benzene rings is 2. The Labute approximate surface area is 181 Å². The molecule has 31 heavy (non-hydrogen) atoms. The Hall–Kier alpha value is -3.42. The van der Waals surface area contributed by atoms with Crippen molar-refractivity contribution in [2.75, 3.05) is 23.3 Å². The van der Waals surface area contributed by atoms with Crippen molar-refractivity contribution < 1.29 is 14.5 Å². The molecule has 164 valence electrons. The van der Waals surface area contributed by atoms with Crippen molar-refractivity contribution in [1.82, 2.24) is 5.32 Å². The third-order valence-electron chi connectivity index (χ3n) is 5.60. The monoisotopic (exact) mass is 424 g/mol. The zero-order valence-electron chi connectivity index (χ0n) is 18.1. The van der Waals surface area contributed by atoms with E-state index < -0.39 is 10.8 Å². The van der Waals surface area contributed by atoms with Crippen LogP contribution in [0.1, 0.15) is 59.4 Å². The van der Waals surface area contributed by atoms with Gasteiger partial charge in [-0.3, -0.25) is 19.7 Å². The average Bonchev–Trinajstić information content (AvgIpc) is 3.28. The van der Waals surface area contributed by atoms with Crippen molar-refractivity contribution in [3.63, 3.8) is 0 Å². The Kier molecular flexibility index (Phi) is 6.89. The lowest BCUT2D eigenvalue weighted by Gasteiger charge is -2.23. The van der Waals surface area contributed by atoms with Gasteiger partial charge in [0.1, 0.15) is 0 Å². The molecule has 8 nitrogen and oxygen atoms in total. The fourth-order valence-electron chi connectivity index (χ4n) is 3.58. The Bertz CT molecular complexity index is 999. The van der Waals surface area contributed by atoms with Gasteiger partial charge in [-0.1, -0.05) is 13.0 Å². The highest BCUT2D eigenvalue weighted by Gasteiger charge is 2.22. The number of hydrogen-bond acceptors (Lipinski definition) is 5. The molecule has 2 N–H and O–H groups in total. The van der Waals surface area contributed by atoms with Crippen LogP contribution in [0, 0.1) is 17.0 Å². The highest BCUT2D eigenvalue weighted by atomic mass is 16.6. The standard InChI is InChI=1S/C23H28N4O4/c1-4-16(3)24-23(29)19-14-18(9-10-20(19)26-11-5-6-12-26)25-22(28)17-8-7-15(2)21(13-17)27(30)31/h7-10,13-14,16H,4-6,11-12H2,1-3H3,(H,24,29)(H,25,28). The normalized spacial score (nSPS) is 14.2. The Morgan fingerprint density at radius 3 is 2.48 bits per heavy atom. The van der Waals surface area contributed by atoms with Gasteiger partial charge in [0.25, 0.3) is 17.5 Å². The summed E-state index contributed by atoms with van der Waals surface area (Å²) in [6.07, 6.45) is 2.97. The van der Waals surface area contributed by atoms with Crippen LogP contribution in [0.15, 0.2) is 36.4 Å². The molecule has 0 saturated carbocycles. The van der Waals surface area contributed by atoms with E-state index in [1.807, 2.05) is 19.9 Å². The highest BCUT2D eigenvalue weighted by molar-refractivity contribution is 6.06. The second-order valence-electron chi connectivity index (χ2n) is 7.92. The molecule has 2 aromatic rings. The summed E-state index contributed by atoms with van der Waals surface area (Å²) in [6.45, 7) is 7.36. The molecule has 0 radical (unpaired) electrons. The van der Waals surface area contributed by atoms with Crippen LogP contribution in [0.25, 0.3) is 0 Å². The van der Waals surface area contributed by atoms with E-state index in [2.05, 4.69) is 15.5 Å². The first-order valence-corrected chi connectivity index (χ1v) is 10.6. The molecule has 3 rings (SSSR count). The first kappa shape index (κ1) is 22.3. The van der Waals surface area contributed by atoms with E-state index in [4.69, 9.17) is 0 Å². The van der Waals surface area contributed by atoms with Crippen LogP contribution < -0.4 is 15.5 Å². The average molecular weight is 425 g/mol. The molecule has 0 bridgehead atoms. The Balaban J connectivity index is 1.88. The van der Waals surface area contributed by atoms with Gasteiger partial charge in [0.05, 0.1) is 10.5 Å². The lowest BCUT2D eigenvalue weighted by atomic mass is 10.1. The number of nitrogens with one attached hydrogen (secondary N) is 2. The Morgan fingerprint density at radius 1 is 1.13 bits per heavy atom. The second kappa shape index (κ2) is 9.59. The number of carbonyl (C=O) groups excluding carboxylic acids is 2. The van der Waals surface area contributed by atoms with Gasteiger partial charge < -0.3 is 15.5 Å². The molecule has 1 unspecified atom stereocenters. The largest absolute Gasteiger partial charge is 0.371 e. The van der Waals surface area contributed by atoms with Gasteiger partial charge >= 0.3 is 0 Å². The topological polar surface area (TPSA) is 105 Å². The van der Waals surface area contributed by atoms with Crippen molar-refractivity contribution in [1.29, 1.82) is 0 Å². The number of nitrogens with zero attached hydrogens (tertiary/aromatic N) is 2. The molecule has 8 heteroatoms. The SMILES string of the molecule is CCC(C)NC(=O)c1cc(NC(=O)c2ccc(C)c([N+](=O)[O-])c2)ccc1N1CCCC1. The van der Waals surface area contributed by atoms with Crippen molar-refractivity contribution in [3.8, 4) is 0 Å². The van der Waals surface area contributed by atoms with E-state index in [0.717, 1.165) is 38.0 Å². The van der Waals surface area contributed by atoms with Crippen molar-refractivity contribution in [2.45, 2.75) is 46.1 Å². The molecule has 1 aliphatic rings. The number of carbonyl (C=O) groups is 2. The molecule has 0 spiro atoms. The minimum absolute atomic E-state index is 0.0327. The van der Waals surface area contributed by atoms with Crippen LogP contribution >= 0.6 is 0 Å². The quantitative estimate of drug-likeness (QED) is 0.510. The summed E-state index contributed by atoms with van der Waals surface area (Å²) in [5.41, 5.74) is 2.39. The summed E-state index contributed by atoms with van der Waals surface area (Å²) >= 11 is 0. The minimum atomic E-state index is -0.506. The number of anilines is 2. The number of rotatable bonds is 7. The minimum Gasteiger partial charge on any atom is -0.371 e. The second-order valence-corrected chi connectivity index (χ2v) is 7.92. The van der Waals surface area contributed by atoms with Crippen LogP contribution in [0.2, 0.25) is 0 Å². The van der Waals surface area contributed by atoms with Crippen molar-refractivity contribution >= 4 is 28.9 Å². The zero-order valence-corrected chi connectivity index (χ0v) is 18.1. The van der Waals surface area contributed by atoms with E-state index in [0.29, 0.717) is 16.8 Å². The molecule has 1 aliphatic heterocycles. The fourth-order valence-corrected chi connectivity index (χ4v) is 3.58. The molecular weight excluding hydrogens is 396 g/mol. The van der Waals surface area contributed by atoms with Gasteiger partial charge in [0, 0.05) is 47.7 Å². The number of nitro benzene ring substituents is 1. The molecule has 1 fully saturated rings. The maximum absolute atomic E-state index is 12.9. The highest BCUT2D eigenvalue weighted by Crippen LogP contribution is 2.28. The number of nitro groups is 1. The first-order valence-electron chi connectivity index (χ1n) is 10.6. The lowest BCUT2D eigenvalue weighted by molar-refractivity contribution is -0.385. The molecule has 1 heterocycles. The summed E-state index contributed by atoms with van der Waals surface area (Å²) < 4.78 is 0. The molecule has 0 aromatic heterocycles. The van der Waals surface area contributed by atoms with Crippen LogP contribution in [0.3, 0.4) is 0 Å². The van der Waals surface area contributed by atoms with Gasteiger partial charge in [-0.05, 0) is 57.4 Å². The van der Waals surface area contributed by atoms with Gasteiger partial charge in [-0.25, -0.2) is 0 Å². The van der Waals surface area contributed by atoms with Gasteiger partial charge in [0.2, 0.25) is 0 Å². The van der Waals surface area contributed by atoms with Crippen LogP contribution in [0.4, 0.5) is 17.1 Å². The molecular formula is C23H28N4O4. The summed E-state index contributed by atoms with van der Waals surface area (Å²) in [4.78, 5) is 38.5. The van der Waals surface area contributed by atoms with E-state index in [9.17, 15) is 19.7 Å². The number of amides is 2. The van der Waals surface area contributed by atoms with Crippen LogP contribution in [-0.2, 0) is 0 Å². The molecule has 1 saturated heterocycles. The maximum Gasteiger partial charge on any atom is 0.273 e. The van der Waals surface area contributed by atoms with E-state index in [1.54, 1.807) is 31.2 Å². The number of aryl methyl sites for hydroxylation is 1. The lowest BCUT2D eigenvalue weighted by Crippen LogP contribution is -2.33.